The molecule has 0 aliphatic heterocycles. The van der Waals surface area contributed by atoms with Crippen molar-refractivity contribution in [1.29, 1.82) is 0 Å². The van der Waals surface area contributed by atoms with Crippen molar-refractivity contribution >= 4 is 11.8 Å². The van der Waals surface area contributed by atoms with Gasteiger partial charge in [0.1, 0.15) is 5.75 Å². The van der Waals surface area contributed by atoms with E-state index in [1.807, 2.05) is 13.0 Å². The molecule has 4 nitrogen and oxygen atoms in total. The smallest absolute Gasteiger partial charge is 0.414 e. The monoisotopic (exact) mass is 251 g/mol. The standard InChI is InChI=1S/C14H21NO3/c1-4-8-11-9-7-10-12(16)13(11)15(5-2)14(17)18-6-3/h7,9-10,16H,4-6,8H2,1-3H3. The summed E-state index contributed by atoms with van der Waals surface area (Å²) in [5.41, 5.74) is 1.53. The molecule has 0 spiro atoms. The minimum absolute atomic E-state index is 0.121. The van der Waals surface area contributed by atoms with E-state index in [4.69, 9.17) is 4.74 Å². The summed E-state index contributed by atoms with van der Waals surface area (Å²) in [5, 5.41) is 9.99. The topological polar surface area (TPSA) is 49.8 Å². The van der Waals surface area contributed by atoms with Crippen molar-refractivity contribution in [1.82, 2.24) is 0 Å². The molecule has 0 aliphatic carbocycles. The largest absolute Gasteiger partial charge is 0.506 e. The van der Waals surface area contributed by atoms with E-state index in [2.05, 4.69) is 6.92 Å². The number of carbonyl (C=O) groups excluding carboxylic acids is 1. The molecule has 0 heterocycles. The molecule has 4 heteroatoms. The highest BCUT2D eigenvalue weighted by Crippen LogP contribution is 2.32. The van der Waals surface area contributed by atoms with Crippen LogP contribution in [0.2, 0.25) is 0 Å². The van der Waals surface area contributed by atoms with Crippen LogP contribution in [0.1, 0.15) is 32.8 Å². The summed E-state index contributed by atoms with van der Waals surface area (Å²) in [7, 11) is 0. The van der Waals surface area contributed by atoms with Gasteiger partial charge >= 0.3 is 6.09 Å². The Labute approximate surface area is 108 Å². The number of ether oxygens (including phenoxy) is 1. The quantitative estimate of drug-likeness (QED) is 0.873. The van der Waals surface area contributed by atoms with Gasteiger partial charge < -0.3 is 9.84 Å². The van der Waals surface area contributed by atoms with Crippen LogP contribution in [0.3, 0.4) is 0 Å². The first-order valence-electron chi connectivity index (χ1n) is 6.40. The van der Waals surface area contributed by atoms with Crippen LogP contribution in [-0.4, -0.2) is 24.4 Å². The van der Waals surface area contributed by atoms with Gasteiger partial charge in [-0.25, -0.2) is 4.79 Å². The number of aryl methyl sites for hydroxylation is 1. The van der Waals surface area contributed by atoms with Crippen LogP contribution in [0.4, 0.5) is 10.5 Å². The first-order chi connectivity index (χ1) is 8.65. The second kappa shape index (κ2) is 6.89. The Morgan fingerprint density at radius 1 is 1.33 bits per heavy atom. The van der Waals surface area contributed by atoms with Crippen LogP contribution >= 0.6 is 0 Å². The molecule has 0 saturated heterocycles. The molecule has 1 N–H and O–H groups in total. The first-order valence-corrected chi connectivity index (χ1v) is 6.40. The fourth-order valence-corrected chi connectivity index (χ4v) is 1.94. The molecule has 0 bridgehead atoms. The molecular formula is C14H21NO3. The Morgan fingerprint density at radius 3 is 2.61 bits per heavy atom. The number of hydrogen-bond donors (Lipinski definition) is 1. The van der Waals surface area contributed by atoms with Crippen LogP contribution in [0.15, 0.2) is 18.2 Å². The van der Waals surface area contributed by atoms with E-state index in [-0.39, 0.29) is 5.75 Å². The normalized spacial score (nSPS) is 10.2. The number of amides is 1. The minimum atomic E-state index is -0.418. The van der Waals surface area contributed by atoms with Gasteiger partial charge in [0.2, 0.25) is 0 Å². The lowest BCUT2D eigenvalue weighted by Gasteiger charge is -2.23. The fourth-order valence-electron chi connectivity index (χ4n) is 1.94. The summed E-state index contributed by atoms with van der Waals surface area (Å²) in [4.78, 5) is 13.4. The number of aromatic hydroxyl groups is 1. The van der Waals surface area contributed by atoms with Crippen molar-refractivity contribution in [3.8, 4) is 5.75 Å². The lowest BCUT2D eigenvalue weighted by molar-refractivity contribution is 0.160. The maximum Gasteiger partial charge on any atom is 0.414 e. The average molecular weight is 251 g/mol. The van der Waals surface area contributed by atoms with Crippen molar-refractivity contribution in [2.75, 3.05) is 18.1 Å². The number of phenols is 1. The highest BCUT2D eigenvalue weighted by Gasteiger charge is 2.21. The van der Waals surface area contributed by atoms with E-state index in [0.717, 1.165) is 18.4 Å². The summed E-state index contributed by atoms with van der Waals surface area (Å²) >= 11 is 0. The lowest BCUT2D eigenvalue weighted by atomic mass is 10.1. The van der Waals surface area contributed by atoms with E-state index < -0.39 is 6.09 Å². The molecular weight excluding hydrogens is 230 g/mol. The van der Waals surface area contributed by atoms with Crippen molar-refractivity contribution in [3.05, 3.63) is 23.8 Å². The Kier molecular flexibility index (Phi) is 5.49. The van der Waals surface area contributed by atoms with Crippen LogP contribution in [0.5, 0.6) is 5.75 Å². The number of anilines is 1. The minimum Gasteiger partial charge on any atom is -0.506 e. The van der Waals surface area contributed by atoms with Gasteiger partial charge in [0.25, 0.3) is 0 Å². The summed E-state index contributed by atoms with van der Waals surface area (Å²) in [6, 6.07) is 5.32. The summed E-state index contributed by atoms with van der Waals surface area (Å²) < 4.78 is 5.01. The predicted octanol–water partition coefficient (Wildman–Crippen LogP) is 3.33. The SMILES string of the molecule is CCCc1cccc(O)c1N(CC)C(=O)OCC. The molecule has 0 saturated carbocycles. The first kappa shape index (κ1) is 14.4. The van der Waals surface area contributed by atoms with E-state index >= 15 is 0 Å². The van der Waals surface area contributed by atoms with Gasteiger partial charge in [-0.05, 0) is 31.9 Å². The third-order valence-corrected chi connectivity index (χ3v) is 2.69. The summed E-state index contributed by atoms with van der Waals surface area (Å²) in [6.45, 7) is 6.48. The molecule has 0 aromatic heterocycles. The third-order valence-electron chi connectivity index (χ3n) is 2.69. The molecule has 100 valence electrons. The summed E-state index contributed by atoms with van der Waals surface area (Å²) in [6.07, 6.45) is 1.36. The second-order valence-corrected chi connectivity index (χ2v) is 3.98. The Hall–Kier alpha value is -1.71. The molecule has 1 aromatic carbocycles. The molecule has 1 aromatic rings. The van der Waals surface area contributed by atoms with Crippen molar-refractivity contribution in [3.63, 3.8) is 0 Å². The van der Waals surface area contributed by atoms with Crippen molar-refractivity contribution in [2.24, 2.45) is 0 Å². The predicted molar refractivity (Wildman–Crippen MR) is 72.1 cm³/mol. The van der Waals surface area contributed by atoms with Crippen molar-refractivity contribution < 1.29 is 14.6 Å². The average Bonchev–Trinajstić information content (AvgIpc) is 2.34. The number of benzene rings is 1. The zero-order valence-electron chi connectivity index (χ0n) is 11.3. The molecule has 0 radical (unpaired) electrons. The van der Waals surface area contributed by atoms with Gasteiger partial charge in [-0.2, -0.15) is 0 Å². The number of hydrogen-bond acceptors (Lipinski definition) is 3. The molecule has 0 unspecified atom stereocenters. The molecule has 0 fully saturated rings. The van der Waals surface area contributed by atoms with Gasteiger partial charge in [0.15, 0.2) is 0 Å². The van der Waals surface area contributed by atoms with E-state index in [9.17, 15) is 9.90 Å². The van der Waals surface area contributed by atoms with Crippen LogP contribution < -0.4 is 4.90 Å². The number of carbonyl (C=O) groups is 1. The fraction of sp³-hybridized carbons (Fsp3) is 0.500. The van der Waals surface area contributed by atoms with E-state index in [0.29, 0.717) is 18.8 Å². The van der Waals surface area contributed by atoms with Crippen LogP contribution in [0, 0.1) is 0 Å². The third kappa shape index (κ3) is 3.15. The van der Waals surface area contributed by atoms with Crippen molar-refractivity contribution in [2.45, 2.75) is 33.6 Å². The van der Waals surface area contributed by atoms with Gasteiger partial charge in [0, 0.05) is 6.54 Å². The maximum absolute atomic E-state index is 11.9. The molecule has 0 aliphatic rings. The van der Waals surface area contributed by atoms with Gasteiger partial charge in [-0.1, -0.05) is 25.5 Å². The number of rotatable bonds is 5. The maximum atomic E-state index is 11.9. The van der Waals surface area contributed by atoms with Gasteiger partial charge in [-0.3, -0.25) is 4.90 Å². The van der Waals surface area contributed by atoms with Gasteiger partial charge in [-0.15, -0.1) is 0 Å². The zero-order valence-corrected chi connectivity index (χ0v) is 11.3. The highest BCUT2D eigenvalue weighted by atomic mass is 16.6. The van der Waals surface area contributed by atoms with Crippen LogP contribution in [-0.2, 0) is 11.2 Å². The summed E-state index contributed by atoms with van der Waals surface area (Å²) in [5.74, 6) is 0.121. The Bertz CT molecular complexity index is 404. The van der Waals surface area contributed by atoms with E-state index in [1.165, 1.54) is 4.90 Å². The number of nitrogens with zero attached hydrogens (tertiary/aromatic N) is 1. The van der Waals surface area contributed by atoms with Gasteiger partial charge in [0.05, 0.1) is 12.3 Å². The Balaban J connectivity index is 3.14. The highest BCUT2D eigenvalue weighted by molar-refractivity contribution is 5.90. The Morgan fingerprint density at radius 2 is 2.06 bits per heavy atom. The molecule has 0 atom stereocenters. The number of para-hydroxylation sites is 1. The second-order valence-electron chi connectivity index (χ2n) is 3.98. The number of phenolic OH excluding ortho intramolecular Hbond substituents is 1. The molecule has 1 amide bonds. The zero-order chi connectivity index (χ0) is 13.5. The molecule has 18 heavy (non-hydrogen) atoms. The van der Waals surface area contributed by atoms with Crippen LogP contribution in [0.25, 0.3) is 0 Å². The van der Waals surface area contributed by atoms with E-state index in [1.54, 1.807) is 19.1 Å². The lowest BCUT2D eigenvalue weighted by Crippen LogP contribution is -2.32. The molecule has 1 rings (SSSR count).